The van der Waals surface area contributed by atoms with Crippen molar-refractivity contribution in [3.63, 3.8) is 0 Å². The zero-order valence-electron chi connectivity index (χ0n) is 16.3. The number of benzene rings is 2. The van der Waals surface area contributed by atoms with Crippen LogP contribution in [0.5, 0.6) is 5.75 Å². The maximum Gasteiger partial charge on any atom is 0.143 e. The highest BCUT2D eigenvalue weighted by Gasteiger charge is 2.11. The Morgan fingerprint density at radius 1 is 1.10 bits per heavy atom. The third-order valence-corrected chi connectivity index (χ3v) is 5.04. The Hall–Kier alpha value is -3.14. The van der Waals surface area contributed by atoms with E-state index in [2.05, 4.69) is 27.3 Å². The molecule has 0 spiro atoms. The summed E-state index contributed by atoms with van der Waals surface area (Å²) < 4.78 is 11.5. The van der Waals surface area contributed by atoms with Gasteiger partial charge >= 0.3 is 0 Å². The Kier molecular flexibility index (Phi) is 6.20. The molecule has 4 rings (SSSR count). The minimum absolute atomic E-state index is 0.404. The maximum absolute atomic E-state index is 9.28. The van der Waals surface area contributed by atoms with Crippen molar-refractivity contribution in [1.82, 2.24) is 9.88 Å². The van der Waals surface area contributed by atoms with Crippen molar-refractivity contribution in [2.75, 3.05) is 44.8 Å². The van der Waals surface area contributed by atoms with Crippen molar-refractivity contribution in [3.8, 4) is 11.8 Å². The van der Waals surface area contributed by atoms with E-state index in [9.17, 15) is 5.26 Å². The molecule has 2 aromatic carbocycles. The summed E-state index contributed by atoms with van der Waals surface area (Å²) in [4.78, 5) is 6.73. The van der Waals surface area contributed by atoms with Crippen LogP contribution in [0.4, 0.5) is 5.69 Å². The Bertz CT molecular complexity index is 1010. The lowest BCUT2D eigenvalue weighted by Crippen LogP contribution is -2.38. The van der Waals surface area contributed by atoms with E-state index in [4.69, 9.17) is 9.47 Å². The van der Waals surface area contributed by atoms with Crippen molar-refractivity contribution in [2.24, 2.45) is 0 Å². The lowest BCUT2D eigenvalue weighted by atomic mass is 10.1. The molecule has 29 heavy (non-hydrogen) atoms. The molecule has 1 saturated heterocycles. The molecule has 2 heterocycles. The second-order valence-electron chi connectivity index (χ2n) is 6.95. The molecule has 6 nitrogen and oxygen atoms in total. The van der Waals surface area contributed by atoms with E-state index < -0.39 is 0 Å². The van der Waals surface area contributed by atoms with E-state index >= 15 is 0 Å². The molecule has 0 aliphatic carbocycles. The molecule has 1 fully saturated rings. The molecule has 1 aliphatic heterocycles. The number of hydrogen-bond donors (Lipinski definition) is 1. The van der Waals surface area contributed by atoms with Gasteiger partial charge < -0.3 is 14.8 Å². The standard InChI is InChI=1S/C23H24N4O2/c24-16-19-15-22(20-6-2-3-7-21(20)26-19)25-17-18-5-1-4-8-23(18)29-14-11-27-9-12-28-13-10-27/h1-8,15H,9-14,17H2,(H,25,26). The summed E-state index contributed by atoms with van der Waals surface area (Å²) in [6.45, 7) is 5.66. The lowest BCUT2D eigenvalue weighted by Gasteiger charge is -2.26. The summed E-state index contributed by atoms with van der Waals surface area (Å²) in [6, 6.07) is 19.8. The second-order valence-corrected chi connectivity index (χ2v) is 6.95. The van der Waals surface area contributed by atoms with Crippen molar-refractivity contribution >= 4 is 16.6 Å². The molecule has 1 N–H and O–H groups in total. The number of nitrogens with zero attached hydrogens (tertiary/aromatic N) is 3. The fourth-order valence-corrected chi connectivity index (χ4v) is 3.47. The Morgan fingerprint density at radius 3 is 2.76 bits per heavy atom. The number of pyridine rings is 1. The predicted octanol–water partition coefficient (Wildman–Crippen LogP) is 3.43. The second kappa shape index (κ2) is 9.37. The number of aromatic nitrogens is 1. The van der Waals surface area contributed by atoms with E-state index in [0.717, 1.165) is 60.8 Å². The Labute approximate surface area is 170 Å². The summed E-state index contributed by atoms with van der Waals surface area (Å²) in [6.07, 6.45) is 0. The van der Waals surface area contributed by atoms with Crippen molar-refractivity contribution in [1.29, 1.82) is 5.26 Å². The van der Waals surface area contributed by atoms with Crippen LogP contribution in [0.1, 0.15) is 11.3 Å². The first kappa shape index (κ1) is 19.2. The molecule has 3 aromatic rings. The minimum atomic E-state index is 0.404. The number of ether oxygens (including phenoxy) is 2. The molecule has 1 aromatic heterocycles. The minimum Gasteiger partial charge on any atom is -0.492 e. The highest BCUT2D eigenvalue weighted by molar-refractivity contribution is 5.91. The third kappa shape index (κ3) is 4.83. The van der Waals surface area contributed by atoms with Crippen LogP contribution in [-0.2, 0) is 11.3 Å². The topological polar surface area (TPSA) is 70.4 Å². The number of para-hydroxylation sites is 2. The number of morpholine rings is 1. The van der Waals surface area contributed by atoms with Crippen LogP contribution in [0.15, 0.2) is 54.6 Å². The molecule has 0 amide bonds. The summed E-state index contributed by atoms with van der Waals surface area (Å²) in [5.74, 6) is 0.882. The fourth-order valence-electron chi connectivity index (χ4n) is 3.47. The van der Waals surface area contributed by atoms with E-state index in [-0.39, 0.29) is 0 Å². The highest BCUT2D eigenvalue weighted by atomic mass is 16.5. The Morgan fingerprint density at radius 2 is 1.90 bits per heavy atom. The summed E-state index contributed by atoms with van der Waals surface area (Å²) >= 11 is 0. The first-order valence-corrected chi connectivity index (χ1v) is 9.88. The summed E-state index contributed by atoms with van der Waals surface area (Å²) in [5, 5.41) is 13.7. The smallest absolute Gasteiger partial charge is 0.143 e. The van der Waals surface area contributed by atoms with Gasteiger partial charge in [-0.25, -0.2) is 4.98 Å². The number of nitriles is 1. The highest BCUT2D eigenvalue weighted by Crippen LogP contribution is 2.25. The van der Waals surface area contributed by atoms with Crippen LogP contribution in [0.2, 0.25) is 0 Å². The van der Waals surface area contributed by atoms with Gasteiger partial charge in [0, 0.05) is 42.8 Å². The first-order valence-electron chi connectivity index (χ1n) is 9.88. The number of fused-ring (bicyclic) bond motifs is 1. The molecule has 148 valence electrons. The van der Waals surface area contributed by atoms with E-state index in [0.29, 0.717) is 18.8 Å². The van der Waals surface area contributed by atoms with Crippen LogP contribution < -0.4 is 10.1 Å². The quantitative estimate of drug-likeness (QED) is 0.669. The molecule has 1 aliphatic rings. The van der Waals surface area contributed by atoms with Gasteiger partial charge in [0.1, 0.15) is 24.1 Å². The average molecular weight is 388 g/mol. The van der Waals surface area contributed by atoms with Gasteiger partial charge in [0.25, 0.3) is 0 Å². The van der Waals surface area contributed by atoms with Gasteiger partial charge in [0.2, 0.25) is 0 Å². The molecule has 0 atom stereocenters. The van der Waals surface area contributed by atoms with Crippen LogP contribution >= 0.6 is 0 Å². The van der Waals surface area contributed by atoms with E-state index in [1.807, 2.05) is 42.5 Å². The maximum atomic E-state index is 9.28. The van der Waals surface area contributed by atoms with Crippen molar-refractivity contribution < 1.29 is 9.47 Å². The van der Waals surface area contributed by atoms with Crippen LogP contribution in [0.25, 0.3) is 10.9 Å². The molecule has 6 heteroatoms. The number of nitrogens with one attached hydrogen (secondary N) is 1. The molecule has 0 unspecified atom stereocenters. The lowest BCUT2D eigenvalue weighted by molar-refractivity contribution is 0.0322. The number of hydrogen-bond acceptors (Lipinski definition) is 6. The molecular weight excluding hydrogens is 364 g/mol. The van der Waals surface area contributed by atoms with E-state index in [1.54, 1.807) is 6.07 Å². The van der Waals surface area contributed by atoms with Gasteiger partial charge in [-0.1, -0.05) is 36.4 Å². The average Bonchev–Trinajstić information content (AvgIpc) is 2.78. The fraction of sp³-hybridized carbons (Fsp3) is 0.304. The molecule has 0 saturated carbocycles. The van der Waals surface area contributed by atoms with E-state index in [1.165, 1.54) is 0 Å². The third-order valence-electron chi connectivity index (χ3n) is 5.04. The number of anilines is 1. The van der Waals surface area contributed by atoms with Gasteiger partial charge in [-0.05, 0) is 18.2 Å². The monoisotopic (exact) mass is 388 g/mol. The molecule has 0 radical (unpaired) electrons. The SMILES string of the molecule is N#Cc1cc(NCc2ccccc2OCCN2CCOCC2)c2ccccc2n1. The summed E-state index contributed by atoms with van der Waals surface area (Å²) in [5.41, 5.74) is 3.19. The van der Waals surface area contributed by atoms with Crippen molar-refractivity contribution in [3.05, 3.63) is 65.9 Å². The van der Waals surface area contributed by atoms with Crippen LogP contribution in [0, 0.1) is 11.3 Å². The molecular formula is C23H24N4O2. The number of rotatable bonds is 7. The van der Waals surface area contributed by atoms with Gasteiger partial charge in [0.05, 0.1) is 18.7 Å². The van der Waals surface area contributed by atoms with Gasteiger partial charge in [0.15, 0.2) is 0 Å². The van der Waals surface area contributed by atoms with Gasteiger partial charge in [-0.15, -0.1) is 0 Å². The normalized spacial score (nSPS) is 14.4. The summed E-state index contributed by atoms with van der Waals surface area (Å²) in [7, 11) is 0. The first-order chi connectivity index (χ1) is 14.3. The predicted molar refractivity (Wildman–Crippen MR) is 113 cm³/mol. The van der Waals surface area contributed by atoms with Gasteiger partial charge in [-0.2, -0.15) is 5.26 Å². The van der Waals surface area contributed by atoms with Crippen molar-refractivity contribution in [2.45, 2.75) is 6.54 Å². The van der Waals surface area contributed by atoms with Crippen LogP contribution in [-0.4, -0.2) is 49.3 Å². The Balaban J connectivity index is 1.44. The largest absolute Gasteiger partial charge is 0.492 e. The molecule has 0 bridgehead atoms. The van der Waals surface area contributed by atoms with Gasteiger partial charge in [-0.3, -0.25) is 4.90 Å². The zero-order chi connectivity index (χ0) is 19.9. The zero-order valence-corrected chi connectivity index (χ0v) is 16.3. The van der Waals surface area contributed by atoms with Crippen LogP contribution in [0.3, 0.4) is 0 Å².